The number of hydrogen-bond donors (Lipinski definition) is 0. The molecule has 3 aromatic carbocycles. The van der Waals surface area contributed by atoms with Gasteiger partial charge in [-0.1, -0.05) is 90.5 Å². The molecule has 0 heterocycles. The molecule has 0 aliphatic heterocycles. The zero-order valence-electron chi connectivity index (χ0n) is 14.4. The van der Waals surface area contributed by atoms with Gasteiger partial charge in [-0.3, -0.25) is 0 Å². The molecule has 0 aliphatic rings. The molecule has 0 bridgehead atoms. The molecule has 24 heavy (non-hydrogen) atoms. The molecule has 0 atom stereocenters. The van der Waals surface area contributed by atoms with Crippen LogP contribution in [0.1, 0.15) is 22.3 Å². The molecular formula is C22H20Br2. The van der Waals surface area contributed by atoms with Crippen molar-refractivity contribution in [1.82, 2.24) is 0 Å². The summed E-state index contributed by atoms with van der Waals surface area (Å²) < 4.78 is 2.23. The maximum atomic E-state index is 3.78. The van der Waals surface area contributed by atoms with Crippen molar-refractivity contribution in [3.63, 3.8) is 0 Å². The van der Waals surface area contributed by atoms with Crippen molar-refractivity contribution in [1.29, 1.82) is 0 Å². The minimum Gasteiger partial charge on any atom is -0.0563 e. The number of aryl methyl sites for hydroxylation is 4. The Hall–Kier alpha value is -1.38. The first-order valence-electron chi connectivity index (χ1n) is 8.00. The van der Waals surface area contributed by atoms with Crippen LogP contribution in [0.3, 0.4) is 0 Å². The van der Waals surface area contributed by atoms with Crippen molar-refractivity contribution in [2.24, 2.45) is 0 Å². The first kappa shape index (κ1) is 17.4. The van der Waals surface area contributed by atoms with Gasteiger partial charge in [0.15, 0.2) is 0 Å². The first-order valence-corrected chi connectivity index (χ1v) is 9.58. The van der Waals surface area contributed by atoms with E-state index in [4.69, 9.17) is 0 Å². The molecule has 0 aromatic heterocycles. The minimum absolute atomic E-state index is 1.12. The zero-order chi connectivity index (χ0) is 17.4. The highest BCUT2D eigenvalue weighted by atomic mass is 79.9. The highest BCUT2D eigenvalue weighted by molar-refractivity contribution is 9.11. The lowest BCUT2D eigenvalue weighted by Crippen LogP contribution is -1.89. The van der Waals surface area contributed by atoms with Crippen LogP contribution in [0, 0.1) is 27.7 Å². The standard InChI is InChI=1S/C22H20Br2/c1-13-5-14(2)8-17(7-13)19-11-22(24)20(12-21(19)23)18-9-15(3)6-16(4)10-18/h5-12H,1-4H3. The largest absolute Gasteiger partial charge is 0.0563 e. The summed E-state index contributed by atoms with van der Waals surface area (Å²) in [5, 5.41) is 0. The Morgan fingerprint density at radius 1 is 0.458 bits per heavy atom. The van der Waals surface area contributed by atoms with Crippen LogP contribution in [0.25, 0.3) is 22.3 Å². The second-order valence-electron chi connectivity index (χ2n) is 6.56. The average molecular weight is 444 g/mol. The molecule has 0 amide bonds. The molecule has 0 unspecified atom stereocenters. The van der Waals surface area contributed by atoms with E-state index in [1.54, 1.807) is 0 Å². The van der Waals surface area contributed by atoms with Gasteiger partial charge in [0.25, 0.3) is 0 Å². The van der Waals surface area contributed by atoms with Crippen LogP contribution in [0.2, 0.25) is 0 Å². The molecule has 0 saturated heterocycles. The fraction of sp³-hybridized carbons (Fsp3) is 0.182. The molecule has 0 fully saturated rings. The molecule has 2 heteroatoms. The van der Waals surface area contributed by atoms with Gasteiger partial charge in [-0.05, 0) is 62.1 Å². The minimum atomic E-state index is 1.12. The molecule has 3 rings (SSSR count). The summed E-state index contributed by atoms with van der Waals surface area (Å²) in [7, 11) is 0. The zero-order valence-corrected chi connectivity index (χ0v) is 17.5. The van der Waals surface area contributed by atoms with E-state index in [2.05, 4.69) is 108 Å². The van der Waals surface area contributed by atoms with Crippen LogP contribution in [0.5, 0.6) is 0 Å². The Kier molecular flexibility index (Phi) is 4.98. The molecule has 0 aliphatic carbocycles. The van der Waals surface area contributed by atoms with Gasteiger partial charge in [-0.2, -0.15) is 0 Å². The Balaban J connectivity index is 2.15. The van der Waals surface area contributed by atoms with Crippen LogP contribution in [0.15, 0.2) is 57.5 Å². The third-order valence-electron chi connectivity index (χ3n) is 4.12. The van der Waals surface area contributed by atoms with Crippen molar-refractivity contribution in [2.75, 3.05) is 0 Å². The smallest absolute Gasteiger partial charge is 0.0260 e. The lowest BCUT2D eigenvalue weighted by Gasteiger charge is -2.13. The quantitative estimate of drug-likeness (QED) is 0.379. The Morgan fingerprint density at radius 3 is 1.04 bits per heavy atom. The highest BCUT2D eigenvalue weighted by Crippen LogP contribution is 2.39. The Morgan fingerprint density at radius 2 is 0.750 bits per heavy atom. The second kappa shape index (κ2) is 6.85. The van der Waals surface area contributed by atoms with Crippen LogP contribution in [-0.4, -0.2) is 0 Å². The fourth-order valence-corrected chi connectivity index (χ4v) is 4.39. The maximum Gasteiger partial charge on any atom is 0.0260 e. The fourth-order valence-electron chi connectivity index (χ4n) is 3.25. The Labute approximate surface area is 161 Å². The van der Waals surface area contributed by atoms with Crippen LogP contribution in [-0.2, 0) is 0 Å². The molecule has 3 aromatic rings. The monoisotopic (exact) mass is 442 g/mol. The van der Waals surface area contributed by atoms with Crippen molar-refractivity contribution >= 4 is 31.9 Å². The average Bonchev–Trinajstić information content (AvgIpc) is 2.47. The third-order valence-corrected chi connectivity index (χ3v) is 5.43. The summed E-state index contributed by atoms with van der Waals surface area (Å²) in [5.74, 6) is 0. The third kappa shape index (κ3) is 3.65. The second-order valence-corrected chi connectivity index (χ2v) is 8.27. The van der Waals surface area contributed by atoms with Gasteiger partial charge in [0.2, 0.25) is 0 Å². The van der Waals surface area contributed by atoms with E-state index in [1.165, 1.54) is 44.5 Å². The van der Waals surface area contributed by atoms with E-state index in [9.17, 15) is 0 Å². The summed E-state index contributed by atoms with van der Waals surface area (Å²) in [4.78, 5) is 0. The van der Waals surface area contributed by atoms with Crippen LogP contribution in [0.4, 0.5) is 0 Å². The van der Waals surface area contributed by atoms with Gasteiger partial charge >= 0.3 is 0 Å². The lowest BCUT2D eigenvalue weighted by atomic mass is 9.96. The molecular weight excluding hydrogens is 424 g/mol. The molecule has 0 saturated carbocycles. The number of rotatable bonds is 2. The van der Waals surface area contributed by atoms with Gasteiger partial charge in [-0.25, -0.2) is 0 Å². The van der Waals surface area contributed by atoms with Gasteiger partial charge in [0, 0.05) is 8.95 Å². The van der Waals surface area contributed by atoms with Gasteiger partial charge in [0.1, 0.15) is 0 Å². The number of hydrogen-bond acceptors (Lipinski definition) is 0. The van der Waals surface area contributed by atoms with E-state index in [1.807, 2.05) is 0 Å². The SMILES string of the molecule is Cc1cc(C)cc(-c2cc(Br)c(-c3cc(C)cc(C)c3)cc2Br)c1. The summed E-state index contributed by atoms with van der Waals surface area (Å²) >= 11 is 7.56. The normalized spacial score (nSPS) is 10.9. The predicted octanol–water partition coefficient (Wildman–Crippen LogP) is 7.78. The summed E-state index contributed by atoms with van der Waals surface area (Å²) in [5.41, 5.74) is 10.0. The first-order chi connectivity index (χ1) is 11.3. The van der Waals surface area contributed by atoms with E-state index in [0.717, 1.165) is 8.95 Å². The van der Waals surface area contributed by atoms with E-state index >= 15 is 0 Å². The van der Waals surface area contributed by atoms with Crippen molar-refractivity contribution in [3.8, 4) is 22.3 Å². The summed E-state index contributed by atoms with van der Waals surface area (Å²) in [6.07, 6.45) is 0. The Bertz CT molecular complexity index is 806. The molecule has 0 nitrogen and oxygen atoms in total. The molecule has 0 N–H and O–H groups in total. The molecule has 0 radical (unpaired) electrons. The topological polar surface area (TPSA) is 0 Å². The molecule has 0 spiro atoms. The molecule has 122 valence electrons. The lowest BCUT2D eigenvalue weighted by molar-refractivity contribution is 1.37. The highest BCUT2D eigenvalue weighted by Gasteiger charge is 2.11. The maximum absolute atomic E-state index is 3.78. The van der Waals surface area contributed by atoms with Gasteiger partial charge in [0.05, 0.1) is 0 Å². The van der Waals surface area contributed by atoms with Crippen molar-refractivity contribution in [2.45, 2.75) is 27.7 Å². The number of halogens is 2. The van der Waals surface area contributed by atoms with Crippen LogP contribution < -0.4 is 0 Å². The summed E-state index contributed by atoms with van der Waals surface area (Å²) in [6.45, 7) is 8.57. The van der Waals surface area contributed by atoms with E-state index in [-0.39, 0.29) is 0 Å². The summed E-state index contributed by atoms with van der Waals surface area (Å²) in [6, 6.07) is 17.8. The van der Waals surface area contributed by atoms with Gasteiger partial charge < -0.3 is 0 Å². The van der Waals surface area contributed by atoms with Crippen molar-refractivity contribution in [3.05, 3.63) is 79.7 Å². The van der Waals surface area contributed by atoms with Crippen molar-refractivity contribution < 1.29 is 0 Å². The van der Waals surface area contributed by atoms with Gasteiger partial charge in [-0.15, -0.1) is 0 Å². The van der Waals surface area contributed by atoms with E-state index < -0.39 is 0 Å². The predicted molar refractivity (Wildman–Crippen MR) is 112 cm³/mol. The van der Waals surface area contributed by atoms with Crippen LogP contribution >= 0.6 is 31.9 Å². The van der Waals surface area contributed by atoms with E-state index in [0.29, 0.717) is 0 Å². The number of benzene rings is 3.